The van der Waals surface area contributed by atoms with Gasteiger partial charge in [-0.1, -0.05) is 52.3 Å². The number of hydrogen-bond acceptors (Lipinski definition) is 2. The van der Waals surface area contributed by atoms with Crippen molar-refractivity contribution in [2.24, 2.45) is 5.10 Å². The van der Waals surface area contributed by atoms with E-state index in [9.17, 15) is 0 Å². The van der Waals surface area contributed by atoms with Crippen LogP contribution in [0.4, 0.5) is 5.69 Å². The van der Waals surface area contributed by atoms with E-state index in [0.717, 1.165) is 15.7 Å². The Morgan fingerprint density at radius 1 is 1.06 bits per heavy atom. The maximum Gasteiger partial charge on any atom is 0.0590 e. The molecule has 17 heavy (non-hydrogen) atoms. The molecule has 0 saturated heterocycles. The standard InChI is InChI=1S/C14H13BrN2/c1-11-6-2-5-9-14(11)17-16-10-12-7-3-4-8-13(12)15/h2-10,17H,1H3/b16-10-. The highest BCUT2D eigenvalue weighted by molar-refractivity contribution is 9.10. The van der Waals surface area contributed by atoms with E-state index in [4.69, 9.17) is 0 Å². The molecule has 0 aliphatic heterocycles. The smallest absolute Gasteiger partial charge is 0.0590 e. The molecule has 0 amide bonds. The van der Waals surface area contributed by atoms with E-state index < -0.39 is 0 Å². The average molecular weight is 289 g/mol. The highest BCUT2D eigenvalue weighted by atomic mass is 79.9. The molecule has 3 heteroatoms. The van der Waals surface area contributed by atoms with Gasteiger partial charge in [0.2, 0.25) is 0 Å². The molecular weight excluding hydrogens is 276 g/mol. The third kappa shape index (κ3) is 3.17. The van der Waals surface area contributed by atoms with E-state index >= 15 is 0 Å². The summed E-state index contributed by atoms with van der Waals surface area (Å²) in [4.78, 5) is 0. The maximum absolute atomic E-state index is 4.23. The van der Waals surface area contributed by atoms with Gasteiger partial charge in [-0.2, -0.15) is 5.10 Å². The fraction of sp³-hybridized carbons (Fsp3) is 0.0714. The lowest BCUT2D eigenvalue weighted by atomic mass is 10.2. The Kier molecular flexibility index (Phi) is 3.94. The number of benzene rings is 2. The van der Waals surface area contributed by atoms with Gasteiger partial charge in [-0.3, -0.25) is 5.43 Å². The topological polar surface area (TPSA) is 24.4 Å². The van der Waals surface area contributed by atoms with E-state index in [1.807, 2.05) is 42.5 Å². The SMILES string of the molecule is Cc1ccccc1N/N=C\c1ccccc1Br. The van der Waals surface area contributed by atoms with Crippen molar-refractivity contribution in [2.75, 3.05) is 5.43 Å². The van der Waals surface area contributed by atoms with Crippen LogP contribution in [0, 0.1) is 6.92 Å². The summed E-state index contributed by atoms with van der Waals surface area (Å²) in [5.74, 6) is 0. The van der Waals surface area contributed by atoms with Crippen LogP contribution in [0.15, 0.2) is 58.1 Å². The lowest BCUT2D eigenvalue weighted by Crippen LogP contribution is -1.93. The summed E-state index contributed by atoms with van der Waals surface area (Å²) in [5, 5.41) is 4.23. The Hall–Kier alpha value is -1.61. The van der Waals surface area contributed by atoms with E-state index in [0.29, 0.717) is 0 Å². The highest BCUT2D eigenvalue weighted by Crippen LogP contribution is 2.15. The first-order valence-corrected chi connectivity index (χ1v) is 6.16. The van der Waals surface area contributed by atoms with Crippen LogP contribution >= 0.6 is 15.9 Å². The lowest BCUT2D eigenvalue weighted by Gasteiger charge is -2.03. The minimum absolute atomic E-state index is 1.02. The van der Waals surface area contributed by atoms with Gasteiger partial charge in [0.15, 0.2) is 0 Å². The van der Waals surface area contributed by atoms with Gasteiger partial charge in [-0.05, 0) is 24.6 Å². The third-order valence-corrected chi connectivity index (χ3v) is 3.16. The van der Waals surface area contributed by atoms with Gasteiger partial charge in [0.05, 0.1) is 11.9 Å². The van der Waals surface area contributed by atoms with Crippen molar-refractivity contribution in [1.82, 2.24) is 0 Å². The van der Waals surface area contributed by atoms with Gasteiger partial charge in [-0.25, -0.2) is 0 Å². The van der Waals surface area contributed by atoms with Gasteiger partial charge in [0, 0.05) is 10.0 Å². The number of aryl methyl sites for hydroxylation is 1. The molecule has 2 aromatic carbocycles. The lowest BCUT2D eigenvalue weighted by molar-refractivity contribution is 1.31. The second-order valence-corrected chi connectivity index (χ2v) is 4.56. The van der Waals surface area contributed by atoms with Crippen molar-refractivity contribution in [3.63, 3.8) is 0 Å². The maximum atomic E-state index is 4.23. The van der Waals surface area contributed by atoms with Crippen LogP contribution in [-0.2, 0) is 0 Å². The number of para-hydroxylation sites is 1. The van der Waals surface area contributed by atoms with E-state index in [1.54, 1.807) is 6.21 Å². The van der Waals surface area contributed by atoms with E-state index in [2.05, 4.69) is 39.4 Å². The molecule has 2 nitrogen and oxygen atoms in total. The Labute approximate surface area is 110 Å². The first-order chi connectivity index (χ1) is 8.27. The van der Waals surface area contributed by atoms with Gasteiger partial charge >= 0.3 is 0 Å². The molecule has 0 radical (unpaired) electrons. The second-order valence-electron chi connectivity index (χ2n) is 3.71. The van der Waals surface area contributed by atoms with Crippen LogP contribution in [0.1, 0.15) is 11.1 Å². The normalized spacial score (nSPS) is 10.7. The van der Waals surface area contributed by atoms with Gasteiger partial charge in [-0.15, -0.1) is 0 Å². The van der Waals surface area contributed by atoms with Gasteiger partial charge in [0.1, 0.15) is 0 Å². The molecule has 2 rings (SSSR count). The van der Waals surface area contributed by atoms with E-state index in [1.165, 1.54) is 5.56 Å². The minimum Gasteiger partial charge on any atom is -0.278 e. The molecule has 0 fully saturated rings. The summed E-state index contributed by atoms with van der Waals surface area (Å²) < 4.78 is 1.04. The number of nitrogens with zero attached hydrogens (tertiary/aromatic N) is 1. The molecule has 86 valence electrons. The Morgan fingerprint density at radius 2 is 1.76 bits per heavy atom. The molecule has 0 bridgehead atoms. The summed E-state index contributed by atoms with van der Waals surface area (Å²) in [6.07, 6.45) is 1.80. The number of hydrogen-bond donors (Lipinski definition) is 1. The van der Waals surface area contributed by atoms with Crippen LogP contribution in [0.2, 0.25) is 0 Å². The van der Waals surface area contributed by atoms with Crippen molar-refractivity contribution >= 4 is 27.8 Å². The molecule has 1 N–H and O–H groups in total. The zero-order chi connectivity index (χ0) is 12.1. The van der Waals surface area contributed by atoms with Crippen molar-refractivity contribution in [2.45, 2.75) is 6.92 Å². The summed E-state index contributed by atoms with van der Waals surface area (Å²) in [7, 11) is 0. The van der Waals surface area contributed by atoms with Crippen LogP contribution in [0.3, 0.4) is 0 Å². The molecule has 0 aromatic heterocycles. The van der Waals surface area contributed by atoms with Crippen LogP contribution in [0.25, 0.3) is 0 Å². The average Bonchev–Trinajstić information content (AvgIpc) is 2.34. The molecule has 0 unspecified atom stereocenters. The third-order valence-electron chi connectivity index (χ3n) is 2.44. The Balaban J connectivity index is 2.09. The van der Waals surface area contributed by atoms with Crippen LogP contribution in [0.5, 0.6) is 0 Å². The fourth-order valence-corrected chi connectivity index (χ4v) is 1.84. The molecule has 0 atom stereocenters. The monoisotopic (exact) mass is 288 g/mol. The number of rotatable bonds is 3. The first-order valence-electron chi connectivity index (χ1n) is 5.36. The Morgan fingerprint density at radius 3 is 2.53 bits per heavy atom. The zero-order valence-electron chi connectivity index (χ0n) is 9.52. The molecule has 0 saturated carbocycles. The van der Waals surface area contributed by atoms with Crippen molar-refractivity contribution in [1.29, 1.82) is 0 Å². The Bertz CT molecular complexity index is 535. The van der Waals surface area contributed by atoms with Crippen LogP contribution in [-0.4, -0.2) is 6.21 Å². The number of hydrazone groups is 1. The predicted octanol–water partition coefficient (Wildman–Crippen LogP) is 4.20. The van der Waals surface area contributed by atoms with Gasteiger partial charge < -0.3 is 0 Å². The van der Waals surface area contributed by atoms with Crippen molar-refractivity contribution in [3.8, 4) is 0 Å². The zero-order valence-corrected chi connectivity index (χ0v) is 11.1. The molecular formula is C14H13BrN2. The van der Waals surface area contributed by atoms with Crippen LogP contribution < -0.4 is 5.43 Å². The summed E-state index contributed by atoms with van der Waals surface area (Å²) >= 11 is 3.48. The van der Waals surface area contributed by atoms with E-state index in [-0.39, 0.29) is 0 Å². The molecule has 2 aromatic rings. The molecule has 0 spiro atoms. The molecule has 0 aliphatic rings. The fourth-order valence-electron chi connectivity index (χ4n) is 1.45. The second kappa shape index (κ2) is 5.64. The number of halogens is 1. The first kappa shape index (κ1) is 11.9. The summed E-state index contributed by atoms with van der Waals surface area (Å²) in [6.45, 7) is 2.05. The van der Waals surface area contributed by atoms with Crippen molar-refractivity contribution < 1.29 is 0 Å². The van der Waals surface area contributed by atoms with Gasteiger partial charge in [0.25, 0.3) is 0 Å². The van der Waals surface area contributed by atoms with Crippen molar-refractivity contribution in [3.05, 3.63) is 64.1 Å². The highest BCUT2D eigenvalue weighted by Gasteiger charge is 1.95. The quantitative estimate of drug-likeness (QED) is 0.664. The minimum atomic E-state index is 1.02. The summed E-state index contributed by atoms with van der Waals surface area (Å²) in [5.41, 5.74) is 6.29. The number of nitrogens with one attached hydrogen (secondary N) is 1. The molecule has 0 aliphatic carbocycles. The molecule has 0 heterocycles. The largest absolute Gasteiger partial charge is 0.278 e. The number of anilines is 1. The predicted molar refractivity (Wildman–Crippen MR) is 76.5 cm³/mol. The summed E-state index contributed by atoms with van der Waals surface area (Å²) in [6, 6.07) is 16.0.